The topological polar surface area (TPSA) is 62.5 Å². The lowest BCUT2D eigenvalue weighted by Gasteiger charge is -2.14. The molecule has 0 aliphatic heterocycles. The van der Waals surface area contributed by atoms with Gasteiger partial charge in [-0.25, -0.2) is 0 Å². The molecule has 1 aromatic rings. The average molecular weight is 237 g/mol. The van der Waals surface area contributed by atoms with E-state index in [1.165, 1.54) is 0 Å². The number of hydrogen-bond acceptors (Lipinski definition) is 3. The molecule has 17 heavy (non-hydrogen) atoms. The molecule has 0 bridgehead atoms. The van der Waals surface area contributed by atoms with Crippen LogP contribution in [0.3, 0.4) is 0 Å². The summed E-state index contributed by atoms with van der Waals surface area (Å²) in [7, 11) is 0. The fraction of sp³-hybridized carbons (Fsp3) is 0.615. The number of nitrogens with one attached hydrogen (secondary N) is 1. The predicted molar refractivity (Wildman–Crippen MR) is 63.4 cm³/mol. The Morgan fingerprint density at radius 1 is 1.53 bits per heavy atom. The second-order valence-corrected chi connectivity index (χ2v) is 4.64. The Kier molecular flexibility index (Phi) is 4.20. The summed E-state index contributed by atoms with van der Waals surface area (Å²) in [6, 6.07) is 3.69. The fourth-order valence-corrected chi connectivity index (χ4v) is 2.28. The molecule has 2 unspecified atom stereocenters. The van der Waals surface area contributed by atoms with Crippen LogP contribution >= 0.6 is 0 Å². The summed E-state index contributed by atoms with van der Waals surface area (Å²) in [6.07, 6.45) is 5.39. The van der Waals surface area contributed by atoms with E-state index in [-0.39, 0.29) is 17.9 Å². The monoisotopic (exact) mass is 237 g/mol. The highest BCUT2D eigenvalue weighted by Crippen LogP contribution is 2.24. The van der Waals surface area contributed by atoms with Crippen molar-refractivity contribution < 1.29 is 14.3 Å². The van der Waals surface area contributed by atoms with Gasteiger partial charge in [0.05, 0.1) is 12.4 Å². The lowest BCUT2D eigenvalue weighted by atomic mass is 10.1. The molecule has 2 rings (SSSR count). The molecule has 1 aliphatic rings. The van der Waals surface area contributed by atoms with Crippen molar-refractivity contribution in [3.63, 3.8) is 0 Å². The number of aliphatic hydroxyl groups is 1. The van der Waals surface area contributed by atoms with E-state index in [0.717, 1.165) is 25.0 Å². The molecule has 1 heterocycles. The van der Waals surface area contributed by atoms with E-state index in [1.54, 1.807) is 6.26 Å². The maximum atomic E-state index is 11.6. The number of aliphatic hydroxyl groups excluding tert-OH is 1. The molecule has 1 saturated carbocycles. The van der Waals surface area contributed by atoms with Gasteiger partial charge in [-0.15, -0.1) is 0 Å². The molecule has 4 heteroatoms. The summed E-state index contributed by atoms with van der Waals surface area (Å²) in [5, 5.41) is 12.5. The van der Waals surface area contributed by atoms with Crippen molar-refractivity contribution in [1.29, 1.82) is 0 Å². The highest BCUT2D eigenvalue weighted by atomic mass is 16.3. The summed E-state index contributed by atoms with van der Waals surface area (Å²) >= 11 is 0. The minimum atomic E-state index is -0.236. The minimum absolute atomic E-state index is 0.0282. The smallest absolute Gasteiger partial charge is 0.220 e. The van der Waals surface area contributed by atoms with Gasteiger partial charge in [-0.3, -0.25) is 4.79 Å². The lowest BCUT2D eigenvalue weighted by molar-refractivity contribution is -0.121. The summed E-state index contributed by atoms with van der Waals surface area (Å²) in [5.41, 5.74) is 0. The van der Waals surface area contributed by atoms with Gasteiger partial charge < -0.3 is 14.8 Å². The van der Waals surface area contributed by atoms with E-state index >= 15 is 0 Å². The number of amides is 1. The number of furan rings is 1. The maximum Gasteiger partial charge on any atom is 0.220 e. The van der Waals surface area contributed by atoms with Crippen LogP contribution in [0.25, 0.3) is 0 Å². The number of carbonyl (C=O) groups is 1. The third-order valence-corrected chi connectivity index (χ3v) is 3.36. The standard InChI is InChI=1S/C13H19NO3/c15-12-5-1-3-10(12)9-14-13(16)7-6-11-4-2-8-17-11/h2,4,8,10,12,15H,1,3,5-7,9H2,(H,14,16). The molecule has 2 atom stereocenters. The maximum absolute atomic E-state index is 11.6. The molecular weight excluding hydrogens is 218 g/mol. The second-order valence-electron chi connectivity index (χ2n) is 4.64. The van der Waals surface area contributed by atoms with Gasteiger partial charge in [0.25, 0.3) is 0 Å². The molecule has 1 aliphatic carbocycles. The van der Waals surface area contributed by atoms with Gasteiger partial charge in [-0.05, 0) is 25.0 Å². The van der Waals surface area contributed by atoms with Gasteiger partial charge in [0.1, 0.15) is 5.76 Å². The van der Waals surface area contributed by atoms with E-state index in [4.69, 9.17) is 4.42 Å². The Morgan fingerprint density at radius 2 is 2.41 bits per heavy atom. The van der Waals surface area contributed by atoms with E-state index < -0.39 is 0 Å². The van der Waals surface area contributed by atoms with Gasteiger partial charge >= 0.3 is 0 Å². The zero-order chi connectivity index (χ0) is 12.1. The Morgan fingerprint density at radius 3 is 3.06 bits per heavy atom. The molecule has 2 N–H and O–H groups in total. The van der Waals surface area contributed by atoms with Crippen molar-refractivity contribution in [3.8, 4) is 0 Å². The van der Waals surface area contributed by atoms with E-state index in [1.807, 2.05) is 12.1 Å². The van der Waals surface area contributed by atoms with Crippen LogP contribution in [0.4, 0.5) is 0 Å². The Balaban J connectivity index is 1.64. The van der Waals surface area contributed by atoms with Gasteiger partial charge in [0, 0.05) is 25.3 Å². The van der Waals surface area contributed by atoms with E-state index in [2.05, 4.69) is 5.32 Å². The Bertz CT molecular complexity index is 348. The molecule has 1 fully saturated rings. The Hall–Kier alpha value is -1.29. The average Bonchev–Trinajstić information content (AvgIpc) is 2.95. The van der Waals surface area contributed by atoms with Crippen LogP contribution in [-0.2, 0) is 11.2 Å². The zero-order valence-electron chi connectivity index (χ0n) is 9.89. The largest absolute Gasteiger partial charge is 0.469 e. The SMILES string of the molecule is O=C(CCc1ccco1)NCC1CCCC1O. The first kappa shape index (κ1) is 12.2. The first-order valence-electron chi connectivity index (χ1n) is 6.23. The molecule has 0 radical (unpaired) electrons. The second kappa shape index (κ2) is 5.87. The van der Waals surface area contributed by atoms with Crippen LogP contribution < -0.4 is 5.32 Å². The summed E-state index contributed by atoms with van der Waals surface area (Å²) < 4.78 is 5.16. The third-order valence-electron chi connectivity index (χ3n) is 3.36. The number of hydrogen-bond donors (Lipinski definition) is 2. The van der Waals surface area contributed by atoms with Crippen molar-refractivity contribution in [2.75, 3.05) is 6.54 Å². The fourth-order valence-electron chi connectivity index (χ4n) is 2.28. The van der Waals surface area contributed by atoms with Gasteiger partial charge in [0.2, 0.25) is 5.91 Å². The van der Waals surface area contributed by atoms with Crippen LogP contribution in [0.2, 0.25) is 0 Å². The van der Waals surface area contributed by atoms with Crippen molar-refractivity contribution in [2.45, 2.75) is 38.2 Å². The Labute approximate surface area is 101 Å². The molecule has 0 saturated heterocycles. The van der Waals surface area contributed by atoms with Crippen LogP contribution in [0.1, 0.15) is 31.4 Å². The lowest BCUT2D eigenvalue weighted by Crippen LogP contribution is -2.32. The summed E-state index contributed by atoms with van der Waals surface area (Å²) in [6.45, 7) is 0.595. The summed E-state index contributed by atoms with van der Waals surface area (Å²) in [4.78, 5) is 11.6. The molecular formula is C13H19NO3. The number of aryl methyl sites for hydroxylation is 1. The quantitative estimate of drug-likeness (QED) is 0.815. The number of rotatable bonds is 5. The van der Waals surface area contributed by atoms with E-state index in [9.17, 15) is 9.90 Å². The van der Waals surface area contributed by atoms with Crippen LogP contribution in [0, 0.1) is 5.92 Å². The highest BCUT2D eigenvalue weighted by molar-refractivity contribution is 5.76. The van der Waals surface area contributed by atoms with Crippen LogP contribution in [0.15, 0.2) is 22.8 Å². The van der Waals surface area contributed by atoms with Crippen molar-refractivity contribution >= 4 is 5.91 Å². The van der Waals surface area contributed by atoms with Gasteiger partial charge in [-0.2, -0.15) is 0 Å². The van der Waals surface area contributed by atoms with Crippen molar-refractivity contribution in [2.24, 2.45) is 5.92 Å². The first-order valence-corrected chi connectivity index (χ1v) is 6.23. The molecule has 94 valence electrons. The van der Waals surface area contributed by atoms with Crippen LogP contribution in [0.5, 0.6) is 0 Å². The molecule has 0 aromatic carbocycles. The normalized spacial score (nSPS) is 23.8. The van der Waals surface area contributed by atoms with E-state index in [0.29, 0.717) is 19.4 Å². The van der Waals surface area contributed by atoms with Gasteiger partial charge in [0.15, 0.2) is 0 Å². The third kappa shape index (κ3) is 3.60. The number of carbonyl (C=O) groups excluding carboxylic acids is 1. The highest BCUT2D eigenvalue weighted by Gasteiger charge is 2.25. The first-order chi connectivity index (χ1) is 8.25. The van der Waals surface area contributed by atoms with Crippen molar-refractivity contribution in [1.82, 2.24) is 5.32 Å². The van der Waals surface area contributed by atoms with Gasteiger partial charge in [-0.1, -0.05) is 6.42 Å². The zero-order valence-corrected chi connectivity index (χ0v) is 9.89. The molecule has 1 amide bonds. The summed E-state index contributed by atoms with van der Waals surface area (Å²) in [5.74, 6) is 1.10. The molecule has 0 spiro atoms. The molecule has 4 nitrogen and oxygen atoms in total. The molecule has 1 aromatic heterocycles. The predicted octanol–water partition coefficient (Wildman–Crippen LogP) is 1.49. The minimum Gasteiger partial charge on any atom is -0.469 e. The van der Waals surface area contributed by atoms with Crippen LogP contribution in [-0.4, -0.2) is 23.7 Å². The van der Waals surface area contributed by atoms with Crippen molar-refractivity contribution in [3.05, 3.63) is 24.2 Å².